The van der Waals surface area contributed by atoms with Crippen LogP contribution in [0.25, 0.3) is 0 Å². The van der Waals surface area contributed by atoms with Crippen LogP contribution in [0.4, 0.5) is 18.0 Å². The lowest BCUT2D eigenvalue weighted by molar-refractivity contribution is -0.187. The second kappa shape index (κ2) is 6.98. The summed E-state index contributed by atoms with van der Waals surface area (Å²) in [7, 11) is 0. The topological polar surface area (TPSA) is 69.6 Å². The van der Waals surface area contributed by atoms with Crippen molar-refractivity contribution in [1.29, 1.82) is 0 Å². The summed E-state index contributed by atoms with van der Waals surface area (Å²) in [6.07, 6.45) is -3.35. The van der Waals surface area contributed by atoms with E-state index in [2.05, 4.69) is 5.32 Å². The number of aliphatic carboxylic acids is 1. The molecule has 142 valence electrons. The van der Waals surface area contributed by atoms with E-state index >= 15 is 0 Å². The van der Waals surface area contributed by atoms with Crippen LogP contribution in [-0.4, -0.2) is 47.3 Å². The number of carboxylic acid groups (broad SMARTS) is 1. The predicted octanol–water partition coefficient (Wildman–Crippen LogP) is 3.49. The molecule has 2 fully saturated rings. The Morgan fingerprint density at radius 3 is 2.38 bits per heavy atom. The first kappa shape index (κ1) is 18.8. The molecule has 1 aromatic rings. The Hall–Kier alpha value is -1.96. The Morgan fingerprint density at radius 1 is 1.19 bits per heavy atom. The maximum Gasteiger partial charge on any atom is 0.394 e. The number of alkyl halides is 3. The number of hydrogen-bond donors (Lipinski definition) is 2. The van der Waals surface area contributed by atoms with E-state index in [1.54, 1.807) is 6.07 Å². The van der Waals surface area contributed by atoms with Gasteiger partial charge < -0.3 is 15.3 Å². The van der Waals surface area contributed by atoms with Gasteiger partial charge in [-0.25, -0.2) is 4.79 Å². The van der Waals surface area contributed by atoms with E-state index in [0.29, 0.717) is 17.9 Å². The highest BCUT2D eigenvalue weighted by Crippen LogP contribution is 2.41. The number of rotatable bonds is 3. The van der Waals surface area contributed by atoms with Gasteiger partial charge in [-0.05, 0) is 30.4 Å². The highest BCUT2D eigenvalue weighted by molar-refractivity contribution is 6.31. The summed E-state index contributed by atoms with van der Waals surface area (Å²) in [5.41, 5.74) is 0.990. The summed E-state index contributed by atoms with van der Waals surface area (Å²) in [5, 5.41) is 12.3. The lowest BCUT2D eigenvalue weighted by Gasteiger charge is -2.37. The first-order valence-corrected chi connectivity index (χ1v) is 8.64. The molecule has 2 atom stereocenters. The molecule has 2 N–H and O–H groups in total. The summed E-state index contributed by atoms with van der Waals surface area (Å²) >= 11 is 6.14. The van der Waals surface area contributed by atoms with E-state index in [9.17, 15) is 22.8 Å². The zero-order chi connectivity index (χ0) is 19.1. The number of nitrogens with zero attached hydrogens (tertiary/aromatic N) is 1. The van der Waals surface area contributed by atoms with E-state index in [-0.39, 0.29) is 12.0 Å². The summed E-state index contributed by atoms with van der Waals surface area (Å²) in [5.74, 6) is -5.01. The molecule has 0 aromatic heterocycles. The van der Waals surface area contributed by atoms with Gasteiger partial charge in [0.2, 0.25) is 0 Å². The number of hydrogen-bond acceptors (Lipinski definition) is 2. The van der Waals surface area contributed by atoms with Gasteiger partial charge in [0.1, 0.15) is 0 Å². The van der Waals surface area contributed by atoms with Crippen LogP contribution >= 0.6 is 11.6 Å². The van der Waals surface area contributed by atoms with Crippen LogP contribution in [0.1, 0.15) is 24.3 Å². The standard InChI is InChI=1S/C17H18ClF3N2O3/c18-14-4-2-1-3-11(14)9-5-10(6-9)22-16(26)23-7-12(15(24)25)13(8-23)17(19,20)21/h1-4,9-10,12-13H,5-8H2,(H,22,26)(H,24,25)/t9?,10?,12-,13-/m1/s1. The van der Waals surface area contributed by atoms with Gasteiger partial charge in [0, 0.05) is 24.2 Å². The van der Waals surface area contributed by atoms with E-state index in [1.165, 1.54) is 0 Å². The fourth-order valence-electron chi connectivity index (χ4n) is 3.61. The molecule has 1 saturated carbocycles. The molecule has 1 heterocycles. The van der Waals surface area contributed by atoms with Crippen molar-refractivity contribution in [2.24, 2.45) is 11.8 Å². The van der Waals surface area contributed by atoms with Gasteiger partial charge in [0.05, 0.1) is 11.8 Å². The predicted molar refractivity (Wildman–Crippen MR) is 88.0 cm³/mol. The molecule has 1 aliphatic heterocycles. The molecule has 2 amide bonds. The van der Waals surface area contributed by atoms with Gasteiger partial charge in [-0.3, -0.25) is 4.79 Å². The highest BCUT2D eigenvalue weighted by atomic mass is 35.5. The summed E-state index contributed by atoms with van der Waals surface area (Å²) in [6, 6.07) is 6.60. The van der Waals surface area contributed by atoms with Crippen molar-refractivity contribution in [2.75, 3.05) is 13.1 Å². The van der Waals surface area contributed by atoms with Crippen LogP contribution in [0.5, 0.6) is 0 Å². The van der Waals surface area contributed by atoms with Crippen molar-refractivity contribution in [1.82, 2.24) is 10.2 Å². The Bertz CT molecular complexity index is 707. The number of halogens is 4. The maximum atomic E-state index is 13.0. The minimum absolute atomic E-state index is 0.156. The molecule has 1 saturated heterocycles. The Labute approximate surface area is 153 Å². The smallest absolute Gasteiger partial charge is 0.394 e. The molecule has 0 unspecified atom stereocenters. The second-order valence-corrected chi connectivity index (χ2v) is 7.24. The van der Waals surface area contributed by atoms with Crippen molar-refractivity contribution in [3.63, 3.8) is 0 Å². The molecule has 1 aromatic carbocycles. The van der Waals surface area contributed by atoms with E-state index in [4.69, 9.17) is 16.7 Å². The molecular formula is C17H18ClF3N2O3. The van der Waals surface area contributed by atoms with Crippen LogP contribution in [0.2, 0.25) is 5.02 Å². The van der Waals surface area contributed by atoms with Crippen molar-refractivity contribution in [3.05, 3.63) is 34.9 Å². The first-order chi connectivity index (χ1) is 12.2. The van der Waals surface area contributed by atoms with E-state index in [1.807, 2.05) is 18.2 Å². The largest absolute Gasteiger partial charge is 0.481 e. The van der Waals surface area contributed by atoms with Crippen LogP contribution in [0.15, 0.2) is 24.3 Å². The normalized spacial score (nSPS) is 28.5. The fourth-order valence-corrected chi connectivity index (χ4v) is 3.90. The van der Waals surface area contributed by atoms with Crippen molar-refractivity contribution >= 4 is 23.6 Å². The van der Waals surface area contributed by atoms with Gasteiger partial charge in [-0.1, -0.05) is 29.8 Å². The third-order valence-corrected chi connectivity index (χ3v) is 5.50. The Morgan fingerprint density at radius 2 is 1.85 bits per heavy atom. The number of carbonyl (C=O) groups excluding carboxylic acids is 1. The molecule has 2 aliphatic rings. The molecule has 0 spiro atoms. The third-order valence-electron chi connectivity index (χ3n) is 5.16. The summed E-state index contributed by atoms with van der Waals surface area (Å²) in [4.78, 5) is 24.2. The monoisotopic (exact) mass is 390 g/mol. The minimum atomic E-state index is -4.65. The van der Waals surface area contributed by atoms with Gasteiger partial charge in [-0.15, -0.1) is 0 Å². The van der Waals surface area contributed by atoms with Crippen LogP contribution < -0.4 is 5.32 Å². The van der Waals surface area contributed by atoms with Crippen LogP contribution in [0, 0.1) is 11.8 Å². The second-order valence-electron chi connectivity index (χ2n) is 6.83. The maximum absolute atomic E-state index is 13.0. The SMILES string of the molecule is O=C(O)[C@@H]1CN(C(=O)NC2CC(c3ccccc3Cl)C2)C[C@H]1C(F)(F)F. The van der Waals surface area contributed by atoms with Gasteiger partial charge >= 0.3 is 18.2 Å². The zero-order valence-corrected chi connectivity index (χ0v) is 14.4. The molecular weight excluding hydrogens is 373 g/mol. The average molecular weight is 391 g/mol. The van der Waals surface area contributed by atoms with Crippen molar-refractivity contribution < 1.29 is 27.9 Å². The van der Waals surface area contributed by atoms with Gasteiger partial charge in [0.15, 0.2) is 0 Å². The van der Waals surface area contributed by atoms with Crippen molar-refractivity contribution in [2.45, 2.75) is 31.0 Å². The number of carboxylic acids is 1. The molecule has 1 aliphatic carbocycles. The Balaban J connectivity index is 1.55. The first-order valence-electron chi connectivity index (χ1n) is 8.26. The lowest BCUT2D eigenvalue weighted by atomic mass is 9.76. The van der Waals surface area contributed by atoms with E-state index < -0.39 is 43.1 Å². The van der Waals surface area contributed by atoms with Gasteiger partial charge in [-0.2, -0.15) is 13.2 Å². The minimum Gasteiger partial charge on any atom is -0.481 e. The highest BCUT2D eigenvalue weighted by Gasteiger charge is 2.53. The number of urea groups is 1. The zero-order valence-electron chi connectivity index (χ0n) is 13.7. The molecule has 0 radical (unpaired) electrons. The number of nitrogens with one attached hydrogen (secondary N) is 1. The number of benzene rings is 1. The number of amides is 2. The van der Waals surface area contributed by atoms with Crippen LogP contribution in [0.3, 0.4) is 0 Å². The molecule has 0 bridgehead atoms. The third kappa shape index (κ3) is 3.75. The van der Waals surface area contributed by atoms with E-state index in [0.717, 1.165) is 10.5 Å². The lowest BCUT2D eigenvalue weighted by Crippen LogP contribution is -2.49. The molecule has 9 heteroatoms. The number of carbonyl (C=O) groups is 2. The van der Waals surface area contributed by atoms with Crippen molar-refractivity contribution in [3.8, 4) is 0 Å². The molecule has 3 rings (SSSR count). The molecule has 26 heavy (non-hydrogen) atoms. The Kier molecular flexibility index (Phi) is 5.05. The molecule has 5 nitrogen and oxygen atoms in total. The fraction of sp³-hybridized carbons (Fsp3) is 0.529. The van der Waals surface area contributed by atoms with Gasteiger partial charge in [0.25, 0.3) is 0 Å². The average Bonchev–Trinajstić information content (AvgIpc) is 2.97. The quantitative estimate of drug-likeness (QED) is 0.830. The van der Waals surface area contributed by atoms with Crippen LogP contribution in [-0.2, 0) is 4.79 Å². The number of likely N-dealkylation sites (tertiary alicyclic amines) is 1. The summed E-state index contributed by atoms with van der Waals surface area (Å²) in [6.45, 7) is -1.07. The summed E-state index contributed by atoms with van der Waals surface area (Å²) < 4.78 is 39.0.